The zero-order valence-corrected chi connectivity index (χ0v) is 18.6. The molecule has 7 nitrogen and oxygen atoms in total. The van der Waals surface area contributed by atoms with Gasteiger partial charge in [-0.2, -0.15) is 5.10 Å². The number of nitrogens with one attached hydrogen (secondary N) is 1. The standard InChI is InChI=1S/C18H21IN4O3S/c1-5-26-17-14(19)7-13(8-15(17)25-4)9-20-23-16(24)10-27-18-21-11(2)6-12(3)22-18/h6-9H,5,10H2,1-4H3,(H,23,24)/b20-9+. The Morgan fingerprint density at radius 2 is 2.00 bits per heavy atom. The molecule has 0 unspecified atom stereocenters. The zero-order valence-electron chi connectivity index (χ0n) is 15.6. The summed E-state index contributed by atoms with van der Waals surface area (Å²) in [7, 11) is 1.59. The number of carbonyl (C=O) groups excluding carboxylic acids is 1. The van der Waals surface area contributed by atoms with Gasteiger partial charge in [0.1, 0.15) is 0 Å². The van der Waals surface area contributed by atoms with E-state index in [-0.39, 0.29) is 11.7 Å². The van der Waals surface area contributed by atoms with Crippen LogP contribution in [0.5, 0.6) is 11.5 Å². The van der Waals surface area contributed by atoms with Gasteiger partial charge in [-0.25, -0.2) is 15.4 Å². The van der Waals surface area contributed by atoms with Crippen molar-refractivity contribution < 1.29 is 14.3 Å². The van der Waals surface area contributed by atoms with E-state index in [1.165, 1.54) is 11.8 Å². The number of ether oxygens (including phenoxy) is 2. The fraction of sp³-hybridized carbons (Fsp3) is 0.333. The maximum Gasteiger partial charge on any atom is 0.250 e. The molecule has 0 saturated heterocycles. The van der Waals surface area contributed by atoms with Crippen molar-refractivity contribution in [2.24, 2.45) is 5.10 Å². The first kappa shape index (κ1) is 21.4. The van der Waals surface area contributed by atoms with Crippen LogP contribution in [0.3, 0.4) is 0 Å². The molecule has 1 heterocycles. The van der Waals surface area contributed by atoms with E-state index in [2.05, 4.69) is 43.1 Å². The number of aryl methyl sites for hydroxylation is 2. The third-order valence-electron chi connectivity index (χ3n) is 3.24. The third-order valence-corrected chi connectivity index (χ3v) is 4.89. The summed E-state index contributed by atoms with van der Waals surface area (Å²) in [5, 5.41) is 4.58. The number of aromatic nitrogens is 2. The van der Waals surface area contributed by atoms with Crippen molar-refractivity contribution in [3.63, 3.8) is 0 Å². The number of benzene rings is 1. The summed E-state index contributed by atoms with van der Waals surface area (Å²) in [6.45, 7) is 6.27. The van der Waals surface area contributed by atoms with Gasteiger partial charge in [-0.15, -0.1) is 0 Å². The highest BCUT2D eigenvalue weighted by molar-refractivity contribution is 14.1. The highest BCUT2D eigenvalue weighted by Gasteiger charge is 2.10. The van der Waals surface area contributed by atoms with Crippen LogP contribution in [0.25, 0.3) is 0 Å². The lowest BCUT2D eigenvalue weighted by molar-refractivity contribution is -0.118. The van der Waals surface area contributed by atoms with Crippen LogP contribution in [-0.4, -0.2) is 41.6 Å². The zero-order chi connectivity index (χ0) is 19.8. The number of hydrazone groups is 1. The Bertz CT molecular complexity index is 825. The van der Waals surface area contributed by atoms with Crippen molar-refractivity contribution in [2.75, 3.05) is 19.5 Å². The normalized spacial score (nSPS) is 10.9. The van der Waals surface area contributed by atoms with E-state index < -0.39 is 0 Å². The summed E-state index contributed by atoms with van der Waals surface area (Å²) >= 11 is 3.45. The predicted octanol–water partition coefficient (Wildman–Crippen LogP) is 3.35. The predicted molar refractivity (Wildman–Crippen MR) is 115 cm³/mol. The summed E-state index contributed by atoms with van der Waals surface area (Å²) in [5.41, 5.74) is 5.06. The smallest absolute Gasteiger partial charge is 0.250 e. The highest BCUT2D eigenvalue weighted by Crippen LogP contribution is 2.33. The molecule has 0 saturated carbocycles. The molecule has 0 spiro atoms. The van der Waals surface area contributed by atoms with E-state index in [0.29, 0.717) is 23.3 Å². The number of halogens is 1. The topological polar surface area (TPSA) is 85.7 Å². The van der Waals surface area contributed by atoms with E-state index in [9.17, 15) is 4.79 Å². The van der Waals surface area contributed by atoms with Crippen molar-refractivity contribution in [1.82, 2.24) is 15.4 Å². The van der Waals surface area contributed by atoms with Crippen molar-refractivity contribution in [1.29, 1.82) is 0 Å². The van der Waals surface area contributed by atoms with Gasteiger partial charge in [0.05, 0.1) is 29.3 Å². The number of thioether (sulfide) groups is 1. The fourth-order valence-corrected chi connectivity index (χ4v) is 3.72. The van der Waals surface area contributed by atoms with Crippen molar-refractivity contribution in [2.45, 2.75) is 25.9 Å². The average molecular weight is 500 g/mol. The van der Waals surface area contributed by atoms with E-state index in [0.717, 1.165) is 20.5 Å². The number of hydrogen-bond donors (Lipinski definition) is 1. The van der Waals surface area contributed by atoms with Crippen LogP contribution in [0.1, 0.15) is 23.9 Å². The minimum atomic E-state index is -0.230. The molecule has 2 rings (SSSR count). The second-order valence-electron chi connectivity index (χ2n) is 5.48. The molecule has 0 radical (unpaired) electrons. The van der Waals surface area contributed by atoms with Crippen LogP contribution in [0.4, 0.5) is 0 Å². The second kappa shape index (κ2) is 10.5. The number of amides is 1. The molecule has 9 heteroatoms. The Balaban J connectivity index is 1.94. The largest absolute Gasteiger partial charge is 0.493 e. The molecule has 0 aliphatic heterocycles. The lowest BCUT2D eigenvalue weighted by Gasteiger charge is -2.12. The molecule has 0 bridgehead atoms. The lowest BCUT2D eigenvalue weighted by Crippen LogP contribution is -2.19. The monoisotopic (exact) mass is 500 g/mol. The quantitative estimate of drug-likeness (QED) is 0.197. The number of carbonyl (C=O) groups is 1. The highest BCUT2D eigenvalue weighted by atomic mass is 127. The molecule has 27 heavy (non-hydrogen) atoms. The maximum atomic E-state index is 12.0. The molecule has 1 N–H and O–H groups in total. The van der Waals surface area contributed by atoms with Gasteiger partial charge in [0.25, 0.3) is 5.91 Å². The molecule has 0 aliphatic carbocycles. The van der Waals surface area contributed by atoms with E-state index in [1.54, 1.807) is 19.4 Å². The first-order valence-electron chi connectivity index (χ1n) is 8.20. The number of methoxy groups -OCH3 is 1. The van der Waals surface area contributed by atoms with Gasteiger partial charge >= 0.3 is 0 Å². The van der Waals surface area contributed by atoms with E-state index >= 15 is 0 Å². The molecular formula is C18H21IN4O3S. The molecule has 0 fully saturated rings. The Morgan fingerprint density at radius 3 is 2.63 bits per heavy atom. The minimum Gasteiger partial charge on any atom is -0.493 e. The third kappa shape index (κ3) is 6.65. The average Bonchev–Trinajstić information content (AvgIpc) is 2.61. The molecule has 0 atom stereocenters. The maximum absolute atomic E-state index is 12.0. The molecule has 1 aromatic heterocycles. The van der Waals surface area contributed by atoms with Crippen LogP contribution >= 0.6 is 34.4 Å². The van der Waals surface area contributed by atoms with E-state index in [1.807, 2.05) is 32.9 Å². The first-order valence-corrected chi connectivity index (χ1v) is 10.3. The molecule has 144 valence electrons. The summed E-state index contributed by atoms with van der Waals surface area (Å²) in [5.74, 6) is 1.28. The molecule has 0 aliphatic rings. The van der Waals surface area contributed by atoms with Crippen LogP contribution in [0.15, 0.2) is 28.5 Å². The van der Waals surface area contributed by atoms with Crippen molar-refractivity contribution in [3.8, 4) is 11.5 Å². The summed E-state index contributed by atoms with van der Waals surface area (Å²) in [6.07, 6.45) is 1.57. The van der Waals surface area contributed by atoms with Crippen molar-refractivity contribution >= 4 is 46.5 Å². The van der Waals surface area contributed by atoms with Crippen LogP contribution in [-0.2, 0) is 4.79 Å². The lowest BCUT2D eigenvalue weighted by atomic mass is 10.2. The van der Waals surface area contributed by atoms with Gasteiger partial charge in [0.15, 0.2) is 16.7 Å². The molecular weight excluding hydrogens is 479 g/mol. The Morgan fingerprint density at radius 1 is 1.30 bits per heavy atom. The molecule has 2 aromatic rings. The van der Waals surface area contributed by atoms with Gasteiger partial charge < -0.3 is 9.47 Å². The molecule has 1 amide bonds. The van der Waals surface area contributed by atoms with E-state index in [4.69, 9.17) is 9.47 Å². The van der Waals surface area contributed by atoms with Crippen LogP contribution in [0.2, 0.25) is 0 Å². The summed E-state index contributed by atoms with van der Waals surface area (Å²) in [4.78, 5) is 20.5. The Kier molecular flexibility index (Phi) is 8.29. The number of rotatable bonds is 8. The van der Waals surface area contributed by atoms with Crippen LogP contribution < -0.4 is 14.9 Å². The number of hydrogen-bond acceptors (Lipinski definition) is 7. The minimum absolute atomic E-state index is 0.185. The van der Waals surface area contributed by atoms with Crippen molar-refractivity contribution in [3.05, 3.63) is 38.7 Å². The first-order chi connectivity index (χ1) is 12.9. The fourth-order valence-electron chi connectivity index (χ4n) is 2.20. The van der Waals surface area contributed by atoms with Gasteiger partial charge in [0, 0.05) is 11.4 Å². The molecule has 1 aromatic carbocycles. The van der Waals surface area contributed by atoms with Gasteiger partial charge in [0.2, 0.25) is 0 Å². The van der Waals surface area contributed by atoms with Gasteiger partial charge in [-0.1, -0.05) is 11.8 Å². The SMILES string of the molecule is CCOc1c(I)cc(/C=N/NC(=O)CSc2nc(C)cc(C)n2)cc1OC. The second-order valence-corrected chi connectivity index (χ2v) is 7.59. The van der Waals surface area contributed by atoms with Gasteiger partial charge in [-0.05, 0) is 67.1 Å². The number of nitrogens with zero attached hydrogens (tertiary/aromatic N) is 3. The van der Waals surface area contributed by atoms with Gasteiger partial charge in [-0.3, -0.25) is 4.79 Å². The van der Waals surface area contributed by atoms with Crippen LogP contribution in [0, 0.1) is 17.4 Å². The Hall–Kier alpha value is -1.88. The summed E-state index contributed by atoms with van der Waals surface area (Å²) in [6, 6.07) is 5.60. The Labute approximate surface area is 176 Å². The summed E-state index contributed by atoms with van der Waals surface area (Å²) < 4.78 is 11.8.